The van der Waals surface area contributed by atoms with E-state index in [-0.39, 0.29) is 5.76 Å². The summed E-state index contributed by atoms with van der Waals surface area (Å²) in [5.41, 5.74) is 0.450. The lowest BCUT2D eigenvalue weighted by Gasteiger charge is -2.04. The molecular formula is C16H28O6. The molecule has 0 amide bonds. The number of carbonyl (C=O) groups is 2. The third-order valence-corrected chi connectivity index (χ3v) is 2.27. The van der Waals surface area contributed by atoms with Crippen molar-refractivity contribution in [3.05, 3.63) is 24.0 Å². The van der Waals surface area contributed by atoms with Crippen molar-refractivity contribution >= 4 is 11.9 Å². The van der Waals surface area contributed by atoms with Crippen LogP contribution in [-0.2, 0) is 23.8 Å². The van der Waals surface area contributed by atoms with Crippen molar-refractivity contribution in [1.82, 2.24) is 0 Å². The number of aliphatic carboxylic acids is 1. The number of hydrogen-bond acceptors (Lipinski definition) is 5. The molecule has 22 heavy (non-hydrogen) atoms. The highest BCUT2D eigenvalue weighted by atomic mass is 16.6. The Bertz CT molecular complexity index is 344. The lowest BCUT2D eigenvalue weighted by Crippen LogP contribution is -2.09. The Morgan fingerprint density at radius 1 is 1.05 bits per heavy atom. The molecule has 1 N–H and O–H groups in total. The first-order valence-electron chi connectivity index (χ1n) is 7.43. The molecule has 0 aliphatic rings. The van der Waals surface area contributed by atoms with Crippen LogP contribution in [0.5, 0.6) is 0 Å². The van der Waals surface area contributed by atoms with Gasteiger partial charge in [-0.15, -0.1) is 0 Å². The number of esters is 1. The quantitative estimate of drug-likeness (QED) is 0.289. The molecule has 6 nitrogen and oxygen atoms in total. The van der Waals surface area contributed by atoms with Crippen LogP contribution in [0.3, 0.4) is 0 Å². The standard InChI is InChI=1S/C9H16O3.C7H12O3/c1-3-5-8(9(10)11)6-7-12-4-2;1-4-9-6(3)7(8)10-5-2/h5H,3-4,6-7H2,1-2H3,(H,10,11);3-5H2,1-2H3. The van der Waals surface area contributed by atoms with Gasteiger partial charge in [0.05, 0.1) is 19.8 Å². The van der Waals surface area contributed by atoms with E-state index in [0.717, 1.165) is 6.42 Å². The number of allylic oxidation sites excluding steroid dienone is 1. The predicted octanol–water partition coefficient (Wildman–Crippen LogP) is 2.93. The van der Waals surface area contributed by atoms with Crippen molar-refractivity contribution < 1.29 is 28.9 Å². The van der Waals surface area contributed by atoms with E-state index in [4.69, 9.17) is 14.6 Å². The molecule has 0 fully saturated rings. The molecule has 0 aromatic heterocycles. The highest BCUT2D eigenvalue weighted by molar-refractivity contribution is 5.86. The number of hydrogen-bond donors (Lipinski definition) is 1. The summed E-state index contributed by atoms with van der Waals surface area (Å²) in [6, 6.07) is 0. The Balaban J connectivity index is 0. The van der Waals surface area contributed by atoms with Gasteiger partial charge in [-0.05, 0) is 33.8 Å². The van der Waals surface area contributed by atoms with Gasteiger partial charge in [-0.1, -0.05) is 13.0 Å². The van der Waals surface area contributed by atoms with Crippen molar-refractivity contribution in [3.63, 3.8) is 0 Å². The van der Waals surface area contributed by atoms with E-state index in [2.05, 4.69) is 11.3 Å². The van der Waals surface area contributed by atoms with Gasteiger partial charge in [0, 0.05) is 18.6 Å². The van der Waals surface area contributed by atoms with Gasteiger partial charge in [0.1, 0.15) is 0 Å². The third-order valence-electron chi connectivity index (χ3n) is 2.27. The van der Waals surface area contributed by atoms with Gasteiger partial charge in [0.2, 0.25) is 0 Å². The second kappa shape index (κ2) is 15.6. The summed E-state index contributed by atoms with van der Waals surface area (Å²) in [5.74, 6) is -1.25. The number of carboxylic acids is 1. The molecule has 0 aliphatic carbocycles. The van der Waals surface area contributed by atoms with Crippen molar-refractivity contribution in [2.24, 2.45) is 0 Å². The lowest BCUT2D eigenvalue weighted by molar-refractivity contribution is -0.142. The van der Waals surface area contributed by atoms with E-state index in [9.17, 15) is 9.59 Å². The Labute approximate surface area is 132 Å². The number of ether oxygens (including phenoxy) is 3. The van der Waals surface area contributed by atoms with Gasteiger partial charge in [0.15, 0.2) is 5.76 Å². The SMILES string of the molecule is C=C(OCC)C(=O)OCC.CCC=C(CCOCC)C(=O)O. The van der Waals surface area contributed by atoms with Crippen molar-refractivity contribution in [2.75, 3.05) is 26.4 Å². The van der Waals surface area contributed by atoms with Crippen LogP contribution in [0.4, 0.5) is 0 Å². The Morgan fingerprint density at radius 2 is 1.64 bits per heavy atom. The van der Waals surface area contributed by atoms with E-state index in [0.29, 0.717) is 38.4 Å². The summed E-state index contributed by atoms with van der Waals surface area (Å²) < 4.78 is 14.4. The molecule has 0 spiro atoms. The summed E-state index contributed by atoms with van der Waals surface area (Å²) in [7, 11) is 0. The van der Waals surface area contributed by atoms with Crippen LogP contribution in [0.15, 0.2) is 24.0 Å². The summed E-state index contributed by atoms with van der Waals surface area (Å²) >= 11 is 0. The highest BCUT2D eigenvalue weighted by Gasteiger charge is 2.06. The molecule has 0 aliphatic heterocycles. The zero-order valence-electron chi connectivity index (χ0n) is 14.0. The van der Waals surface area contributed by atoms with Crippen LogP contribution < -0.4 is 0 Å². The summed E-state index contributed by atoms with van der Waals surface area (Å²) in [6.45, 7) is 12.6. The minimum absolute atomic E-state index is 0.0735. The lowest BCUT2D eigenvalue weighted by atomic mass is 10.1. The molecule has 0 aromatic carbocycles. The number of rotatable bonds is 10. The first-order chi connectivity index (χ1) is 10.4. The van der Waals surface area contributed by atoms with E-state index >= 15 is 0 Å². The average molecular weight is 316 g/mol. The van der Waals surface area contributed by atoms with E-state index in [1.165, 1.54) is 0 Å². The highest BCUT2D eigenvalue weighted by Crippen LogP contribution is 2.03. The monoisotopic (exact) mass is 316 g/mol. The molecule has 0 saturated carbocycles. The van der Waals surface area contributed by atoms with Crippen molar-refractivity contribution in [1.29, 1.82) is 0 Å². The van der Waals surface area contributed by atoms with Crippen molar-refractivity contribution in [2.45, 2.75) is 40.5 Å². The van der Waals surface area contributed by atoms with Gasteiger partial charge in [-0.25, -0.2) is 9.59 Å². The second-order valence-corrected chi connectivity index (χ2v) is 3.97. The number of carbonyl (C=O) groups excluding carboxylic acids is 1. The summed E-state index contributed by atoms with van der Waals surface area (Å²) in [4.78, 5) is 21.2. The topological polar surface area (TPSA) is 82.1 Å². The predicted molar refractivity (Wildman–Crippen MR) is 84.5 cm³/mol. The van der Waals surface area contributed by atoms with Crippen LogP contribution in [0.1, 0.15) is 40.5 Å². The largest absolute Gasteiger partial charge is 0.487 e. The summed E-state index contributed by atoms with van der Waals surface area (Å²) in [5, 5.41) is 8.68. The zero-order valence-corrected chi connectivity index (χ0v) is 14.0. The van der Waals surface area contributed by atoms with Crippen LogP contribution in [0.2, 0.25) is 0 Å². The molecule has 0 atom stereocenters. The maximum atomic E-state index is 10.7. The molecular weight excluding hydrogens is 288 g/mol. The maximum Gasteiger partial charge on any atom is 0.372 e. The minimum Gasteiger partial charge on any atom is -0.487 e. The minimum atomic E-state index is -0.837. The number of carboxylic acid groups (broad SMARTS) is 1. The zero-order chi connectivity index (χ0) is 17.4. The Morgan fingerprint density at radius 3 is 2.05 bits per heavy atom. The molecule has 0 saturated heterocycles. The van der Waals surface area contributed by atoms with Gasteiger partial charge in [-0.2, -0.15) is 0 Å². The molecule has 0 unspecified atom stereocenters. The van der Waals surface area contributed by atoms with Crippen LogP contribution in [0, 0.1) is 0 Å². The van der Waals surface area contributed by atoms with E-state index in [1.807, 2.05) is 13.8 Å². The molecule has 0 heterocycles. The fraction of sp³-hybridized carbons (Fsp3) is 0.625. The third kappa shape index (κ3) is 13.2. The fourth-order valence-electron chi connectivity index (χ4n) is 1.31. The van der Waals surface area contributed by atoms with Gasteiger partial charge in [0.25, 0.3) is 0 Å². The Kier molecular flexibility index (Phi) is 15.9. The molecule has 0 aromatic rings. The van der Waals surface area contributed by atoms with Crippen LogP contribution >= 0.6 is 0 Å². The van der Waals surface area contributed by atoms with Crippen molar-refractivity contribution in [3.8, 4) is 0 Å². The Hall–Kier alpha value is -1.82. The van der Waals surface area contributed by atoms with Crippen LogP contribution in [0.25, 0.3) is 0 Å². The maximum absolute atomic E-state index is 10.7. The molecule has 0 radical (unpaired) electrons. The first kappa shape index (κ1) is 22.5. The van der Waals surface area contributed by atoms with Crippen LogP contribution in [-0.4, -0.2) is 43.5 Å². The first-order valence-corrected chi connectivity index (χ1v) is 7.43. The normalized spacial score (nSPS) is 10.3. The smallest absolute Gasteiger partial charge is 0.372 e. The molecule has 0 rings (SSSR count). The van der Waals surface area contributed by atoms with E-state index in [1.54, 1.807) is 19.9 Å². The summed E-state index contributed by atoms with van der Waals surface area (Å²) in [6.07, 6.45) is 2.98. The molecule has 128 valence electrons. The van der Waals surface area contributed by atoms with Gasteiger partial charge >= 0.3 is 11.9 Å². The molecule has 0 bridgehead atoms. The van der Waals surface area contributed by atoms with E-state index < -0.39 is 11.9 Å². The second-order valence-electron chi connectivity index (χ2n) is 3.97. The van der Waals surface area contributed by atoms with Gasteiger partial charge in [-0.3, -0.25) is 0 Å². The molecule has 6 heteroatoms. The van der Waals surface area contributed by atoms with Gasteiger partial charge < -0.3 is 19.3 Å². The fourth-order valence-corrected chi connectivity index (χ4v) is 1.31. The average Bonchev–Trinajstić information content (AvgIpc) is 2.47.